The molecule has 1 atom stereocenters. The molecule has 20 heavy (non-hydrogen) atoms. The topological polar surface area (TPSA) is 26.3 Å². The standard InChI is InChI=1S/C16H14BrFO2/c1-2-14(16(19)11-6-4-3-5-7-11)20-15-10-12(17)8-9-13(15)18/h3-10,14H,2H2,1H3. The first-order chi connectivity index (χ1) is 9.61. The van der Waals surface area contributed by atoms with E-state index in [4.69, 9.17) is 4.74 Å². The molecule has 0 amide bonds. The average Bonchev–Trinajstić information content (AvgIpc) is 2.48. The summed E-state index contributed by atoms with van der Waals surface area (Å²) in [5.41, 5.74) is 0.565. The van der Waals surface area contributed by atoms with Gasteiger partial charge in [0, 0.05) is 10.0 Å². The Hall–Kier alpha value is -1.68. The minimum Gasteiger partial charge on any atom is -0.479 e. The van der Waals surface area contributed by atoms with Crippen molar-refractivity contribution in [2.24, 2.45) is 0 Å². The number of Topliss-reactive ketones (excluding diaryl/α,β-unsaturated/α-hetero) is 1. The normalized spacial score (nSPS) is 11.9. The second-order valence-electron chi connectivity index (χ2n) is 4.32. The van der Waals surface area contributed by atoms with E-state index in [1.165, 1.54) is 12.1 Å². The van der Waals surface area contributed by atoms with Gasteiger partial charge in [-0.2, -0.15) is 0 Å². The van der Waals surface area contributed by atoms with Crippen LogP contribution in [0.15, 0.2) is 53.0 Å². The number of hydrogen-bond donors (Lipinski definition) is 0. The molecule has 0 aliphatic rings. The summed E-state index contributed by atoms with van der Waals surface area (Å²) in [6.07, 6.45) is -0.221. The molecule has 4 heteroatoms. The van der Waals surface area contributed by atoms with Crippen LogP contribution >= 0.6 is 15.9 Å². The van der Waals surface area contributed by atoms with Crippen LogP contribution in [-0.4, -0.2) is 11.9 Å². The molecule has 2 aromatic carbocycles. The van der Waals surface area contributed by atoms with Gasteiger partial charge in [-0.15, -0.1) is 0 Å². The molecule has 104 valence electrons. The summed E-state index contributed by atoms with van der Waals surface area (Å²) in [4.78, 5) is 12.3. The third kappa shape index (κ3) is 3.45. The third-order valence-electron chi connectivity index (χ3n) is 2.88. The van der Waals surface area contributed by atoms with Crippen LogP contribution in [0.25, 0.3) is 0 Å². The highest BCUT2D eigenvalue weighted by Crippen LogP contribution is 2.24. The molecule has 1 unspecified atom stereocenters. The lowest BCUT2D eigenvalue weighted by Gasteiger charge is -2.17. The molecule has 0 fully saturated rings. The SMILES string of the molecule is CCC(Oc1cc(Br)ccc1F)C(=O)c1ccccc1. The molecule has 0 bridgehead atoms. The summed E-state index contributed by atoms with van der Waals surface area (Å²) < 4.78 is 19.9. The fourth-order valence-corrected chi connectivity index (χ4v) is 2.17. The largest absolute Gasteiger partial charge is 0.479 e. The van der Waals surface area contributed by atoms with Gasteiger partial charge in [0.1, 0.15) is 0 Å². The predicted molar refractivity (Wildman–Crippen MR) is 79.6 cm³/mol. The minimum absolute atomic E-state index is 0.0792. The molecule has 2 rings (SSSR count). The van der Waals surface area contributed by atoms with Gasteiger partial charge in [0.2, 0.25) is 5.78 Å². The van der Waals surface area contributed by atoms with Gasteiger partial charge in [0.15, 0.2) is 17.7 Å². The molecule has 0 heterocycles. The Morgan fingerprint density at radius 2 is 1.95 bits per heavy atom. The number of carbonyl (C=O) groups excluding carboxylic acids is 1. The molecule has 0 saturated carbocycles. The van der Waals surface area contributed by atoms with Crippen LogP contribution in [0.1, 0.15) is 23.7 Å². The van der Waals surface area contributed by atoms with E-state index in [1.807, 2.05) is 13.0 Å². The van der Waals surface area contributed by atoms with Crippen LogP contribution in [-0.2, 0) is 0 Å². The number of ether oxygens (including phenoxy) is 1. The Morgan fingerprint density at radius 3 is 2.60 bits per heavy atom. The van der Waals surface area contributed by atoms with E-state index >= 15 is 0 Å². The van der Waals surface area contributed by atoms with Gasteiger partial charge in [-0.05, 0) is 24.6 Å². The fraction of sp³-hybridized carbons (Fsp3) is 0.188. The molecule has 0 spiro atoms. The molecule has 2 aromatic rings. The van der Waals surface area contributed by atoms with E-state index in [0.717, 1.165) is 0 Å². The maximum Gasteiger partial charge on any atom is 0.203 e. The Morgan fingerprint density at radius 1 is 1.25 bits per heavy atom. The Balaban J connectivity index is 2.21. The van der Waals surface area contributed by atoms with E-state index in [2.05, 4.69) is 15.9 Å². The number of halogens is 2. The summed E-state index contributed by atoms with van der Waals surface area (Å²) in [5.74, 6) is -0.546. The fourth-order valence-electron chi connectivity index (χ4n) is 1.83. The first-order valence-corrected chi connectivity index (χ1v) is 7.12. The van der Waals surface area contributed by atoms with Crippen LogP contribution in [0.3, 0.4) is 0 Å². The van der Waals surface area contributed by atoms with Gasteiger partial charge in [0.05, 0.1) is 0 Å². The molecule has 0 N–H and O–H groups in total. The molecule has 0 aliphatic carbocycles. The number of hydrogen-bond acceptors (Lipinski definition) is 2. The van der Waals surface area contributed by atoms with Crippen molar-refractivity contribution in [2.75, 3.05) is 0 Å². The second kappa shape index (κ2) is 6.66. The zero-order chi connectivity index (χ0) is 14.5. The van der Waals surface area contributed by atoms with E-state index in [1.54, 1.807) is 30.3 Å². The molecule has 0 radical (unpaired) electrons. The van der Waals surface area contributed by atoms with Gasteiger partial charge in [0.25, 0.3) is 0 Å². The quantitative estimate of drug-likeness (QED) is 0.744. The Bertz CT molecular complexity index is 599. The highest BCUT2D eigenvalue weighted by molar-refractivity contribution is 9.10. The first kappa shape index (κ1) is 14.7. The van der Waals surface area contributed by atoms with Gasteiger partial charge in [-0.25, -0.2) is 4.39 Å². The van der Waals surface area contributed by atoms with Crippen LogP contribution in [0.4, 0.5) is 4.39 Å². The average molecular weight is 337 g/mol. The molecule has 0 aliphatic heterocycles. The van der Waals surface area contributed by atoms with Crippen LogP contribution in [0.2, 0.25) is 0 Å². The van der Waals surface area contributed by atoms with Gasteiger partial charge in [-0.1, -0.05) is 53.2 Å². The smallest absolute Gasteiger partial charge is 0.203 e. The minimum atomic E-state index is -0.693. The summed E-state index contributed by atoms with van der Waals surface area (Å²) in [5, 5.41) is 0. The predicted octanol–water partition coefficient (Wildman–Crippen LogP) is 4.63. The van der Waals surface area contributed by atoms with E-state index in [-0.39, 0.29) is 11.5 Å². The maximum atomic E-state index is 13.7. The summed E-state index contributed by atoms with van der Waals surface area (Å²) in [7, 11) is 0. The van der Waals surface area contributed by atoms with Crippen molar-refractivity contribution in [3.8, 4) is 5.75 Å². The number of carbonyl (C=O) groups is 1. The lowest BCUT2D eigenvalue weighted by Crippen LogP contribution is -2.27. The zero-order valence-corrected chi connectivity index (χ0v) is 12.6. The summed E-state index contributed by atoms with van der Waals surface area (Å²) in [6, 6.07) is 13.3. The Labute approximate surface area is 125 Å². The summed E-state index contributed by atoms with van der Waals surface area (Å²) >= 11 is 3.26. The van der Waals surface area contributed by atoms with Crippen molar-refractivity contribution < 1.29 is 13.9 Å². The number of rotatable bonds is 5. The van der Waals surface area contributed by atoms with E-state index < -0.39 is 11.9 Å². The van der Waals surface area contributed by atoms with E-state index in [0.29, 0.717) is 16.5 Å². The van der Waals surface area contributed by atoms with Crippen LogP contribution in [0, 0.1) is 5.82 Å². The van der Waals surface area contributed by atoms with Crippen molar-refractivity contribution in [3.63, 3.8) is 0 Å². The molecule has 0 saturated heterocycles. The zero-order valence-electron chi connectivity index (χ0n) is 11.0. The maximum absolute atomic E-state index is 13.7. The highest BCUT2D eigenvalue weighted by atomic mass is 79.9. The van der Waals surface area contributed by atoms with Gasteiger partial charge in [-0.3, -0.25) is 4.79 Å². The van der Waals surface area contributed by atoms with Crippen molar-refractivity contribution in [1.82, 2.24) is 0 Å². The van der Waals surface area contributed by atoms with Gasteiger partial charge >= 0.3 is 0 Å². The second-order valence-corrected chi connectivity index (χ2v) is 5.24. The molecular weight excluding hydrogens is 323 g/mol. The third-order valence-corrected chi connectivity index (χ3v) is 3.38. The molecular formula is C16H14BrFO2. The van der Waals surface area contributed by atoms with Crippen molar-refractivity contribution in [3.05, 3.63) is 64.4 Å². The monoisotopic (exact) mass is 336 g/mol. The lowest BCUT2D eigenvalue weighted by molar-refractivity contribution is 0.0779. The highest BCUT2D eigenvalue weighted by Gasteiger charge is 2.21. The first-order valence-electron chi connectivity index (χ1n) is 6.32. The van der Waals surface area contributed by atoms with Crippen molar-refractivity contribution in [1.29, 1.82) is 0 Å². The van der Waals surface area contributed by atoms with Gasteiger partial charge < -0.3 is 4.74 Å². The molecule has 2 nitrogen and oxygen atoms in total. The Kier molecular flexibility index (Phi) is 4.90. The number of ketones is 1. The lowest BCUT2D eigenvalue weighted by atomic mass is 10.0. The van der Waals surface area contributed by atoms with Crippen LogP contribution in [0.5, 0.6) is 5.75 Å². The molecule has 0 aromatic heterocycles. The van der Waals surface area contributed by atoms with Crippen molar-refractivity contribution in [2.45, 2.75) is 19.4 Å². The van der Waals surface area contributed by atoms with E-state index in [9.17, 15) is 9.18 Å². The van der Waals surface area contributed by atoms with Crippen molar-refractivity contribution >= 4 is 21.7 Å². The summed E-state index contributed by atoms with van der Waals surface area (Å²) in [6.45, 7) is 1.83. The van der Waals surface area contributed by atoms with Crippen LogP contribution < -0.4 is 4.74 Å². The number of benzene rings is 2.